The Morgan fingerprint density at radius 2 is 0.529 bits per heavy atom. The molecule has 0 aliphatic rings. The Kier molecular flexibility index (Phi) is 3.42. The van der Waals surface area contributed by atoms with Crippen LogP contribution in [0.4, 0.5) is 0 Å². The fraction of sp³-hybridized carbons (Fsp3) is 0. The van der Waals surface area contributed by atoms with Gasteiger partial charge in [0.15, 0.2) is 0 Å². The summed E-state index contributed by atoms with van der Waals surface area (Å²) in [6, 6.07) is 32.1. The zero-order valence-corrected chi connectivity index (χ0v) is 21.0. The predicted octanol–water partition coefficient (Wildman–Crippen LogP) is 11.2. The molecule has 0 unspecified atom stereocenters. The van der Waals surface area contributed by atoms with E-state index in [1.54, 1.807) is 0 Å². The minimum absolute atomic E-state index is 1.37. The highest BCUT2D eigenvalue weighted by atomic mass is 32.1. The minimum atomic E-state index is 1.37. The van der Waals surface area contributed by atoms with Crippen LogP contribution in [0.25, 0.3) is 80.7 Å². The van der Waals surface area contributed by atoms with Crippen LogP contribution in [0, 0.1) is 0 Å². The summed E-state index contributed by atoms with van der Waals surface area (Å²) >= 11 is 7.68. The molecule has 34 heavy (non-hydrogen) atoms. The van der Waals surface area contributed by atoms with E-state index in [4.69, 9.17) is 0 Å². The van der Waals surface area contributed by atoms with Gasteiger partial charge in [-0.3, -0.25) is 0 Å². The van der Waals surface area contributed by atoms with Crippen molar-refractivity contribution in [2.24, 2.45) is 0 Å². The van der Waals surface area contributed by atoms with Gasteiger partial charge in [-0.2, -0.15) is 0 Å². The fourth-order valence-electron chi connectivity index (χ4n) is 5.48. The lowest BCUT2D eigenvalue weighted by Crippen LogP contribution is -1.70. The van der Waals surface area contributed by atoms with Crippen LogP contribution in [-0.4, -0.2) is 0 Å². The standard InChI is InChI=1S/C30H14S4/c1-3-7-23-15(5-1)17-9-27-19(11-25(17)31-23)21-13-30-22(14-29(21)33-27)20-12-26-18(10-28(20)34-30)16-6-2-4-8-24(16)32-26/h1-14H. The normalized spacial score (nSPS) is 12.7. The van der Waals surface area contributed by atoms with Crippen LogP contribution in [0.5, 0.6) is 0 Å². The van der Waals surface area contributed by atoms with Crippen molar-refractivity contribution in [2.45, 2.75) is 0 Å². The van der Waals surface area contributed by atoms with Gasteiger partial charge in [0.2, 0.25) is 0 Å². The lowest BCUT2D eigenvalue weighted by molar-refractivity contribution is 1.87. The summed E-state index contributed by atoms with van der Waals surface area (Å²) in [7, 11) is 0. The van der Waals surface area contributed by atoms with Crippen LogP contribution in [0.2, 0.25) is 0 Å². The molecular weight excluding hydrogens is 489 g/mol. The second-order valence-corrected chi connectivity index (χ2v) is 13.3. The van der Waals surface area contributed by atoms with Crippen LogP contribution in [-0.2, 0) is 0 Å². The summed E-state index contributed by atoms with van der Waals surface area (Å²) in [5.74, 6) is 0. The molecule has 9 aromatic rings. The maximum atomic E-state index is 2.44. The van der Waals surface area contributed by atoms with Gasteiger partial charge < -0.3 is 0 Å². The highest BCUT2D eigenvalue weighted by molar-refractivity contribution is 7.29. The van der Waals surface area contributed by atoms with E-state index < -0.39 is 0 Å². The second-order valence-electron chi connectivity index (χ2n) is 8.93. The van der Waals surface area contributed by atoms with E-state index in [0.717, 1.165) is 0 Å². The Morgan fingerprint density at radius 3 is 0.882 bits per heavy atom. The number of benzene rings is 5. The molecule has 0 amide bonds. The van der Waals surface area contributed by atoms with Crippen molar-refractivity contribution in [3.05, 3.63) is 84.9 Å². The summed E-state index contributed by atoms with van der Waals surface area (Å²) in [5.41, 5.74) is 0. The van der Waals surface area contributed by atoms with Crippen molar-refractivity contribution >= 4 is 126 Å². The minimum Gasteiger partial charge on any atom is -0.135 e. The van der Waals surface area contributed by atoms with Crippen molar-refractivity contribution in [3.63, 3.8) is 0 Å². The molecule has 0 radical (unpaired) electrons. The maximum Gasteiger partial charge on any atom is 0.0362 e. The molecule has 4 aromatic heterocycles. The van der Waals surface area contributed by atoms with Crippen molar-refractivity contribution in [3.8, 4) is 0 Å². The molecule has 0 saturated carbocycles. The quantitative estimate of drug-likeness (QED) is 0.193. The van der Waals surface area contributed by atoms with Crippen molar-refractivity contribution < 1.29 is 0 Å². The number of fused-ring (bicyclic) bond motifs is 12. The molecule has 4 heteroatoms. The molecule has 0 spiro atoms. The van der Waals surface area contributed by atoms with Crippen LogP contribution < -0.4 is 0 Å². The van der Waals surface area contributed by atoms with E-state index in [0.29, 0.717) is 0 Å². The third kappa shape index (κ3) is 2.32. The van der Waals surface area contributed by atoms with Crippen LogP contribution in [0.15, 0.2) is 84.9 Å². The van der Waals surface area contributed by atoms with Gasteiger partial charge >= 0.3 is 0 Å². The van der Waals surface area contributed by atoms with E-state index in [9.17, 15) is 0 Å². The fourth-order valence-corrected chi connectivity index (χ4v) is 10.0. The van der Waals surface area contributed by atoms with E-state index >= 15 is 0 Å². The summed E-state index contributed by atoms with van der Waals surface area (Å²) in [6.45, 7) is 0. The molecule has 9 rings (SSSR count). The molecule has 0 bridgehead atoms. The zero-order chi connectivity index (χ0) is 22.0. The van der Waals surface area contributed by atoms with Crippen LogP contribution in [0.1, 0.15) is 0 Å². The smallest absolute Gasteiger partial charge is 0.0362 e. The third-order valence-electron chi connectivity index (χ3n) is 7.06. The van der Waals surface area contributed by atoms with E-state index in [-0.39, 0.29) is 0 Å². The predicted molar refractivity (Wildman–Crippen MR) is 158 cm³/mol. The molecule has 0 aliphatic carbocycles. The van der Waals surface area contributed by atoms with Gasteiger partial charge in [-0.05, 0) is 48.5 Å². The molecular formula is C30H14S4. The van der Waals surface area contributed by atoms with Gasteiger partial charge in [0.1, 0.15) is 0 Å². The monoisotopic (exact) mass is 502 g/mol. The number of hydrogen-bond donors (Lipinski definition) is 0. The summed E-state index contributed by atoms with van der Waals surface area (Å²) in [5, 5.41) is 11.1. The number of rotatable bonds is 0. The molecule has 0 aliphatic heterocycles. The lowest BCUT2D eigenvalue weighted by atomic mass is 10.1. The van der Waals surface area contributed by atoms with Gasteiger partial charge in [-0.25, -0.2) is 0 Å². The van der Waals surface area contributed by atoms with Gasteiger partial charge in [0, 0.05) is 80.7 Å². The second kappa shape index (κ2) is 6.35. The number of hydrogen-bond acceptors (Lipinski definition) is 4. The van der Waals surface area contributed by atoms with E-state index in [2.05, 4.69) is 84.9 Å². The van der Waals surface area contributed by atoms with Gasteiger partial charge in [-0.15, -0.1) is 45.3 Å². The topological polar surface area (TPSA) is 0 Å². The van der Waals surface area contributed by atoms with Crippen LogP contribution in [0.3, 0.4) is 0 Å². The van der Waals surface area contributed by atoms with Gasteiger partial charge in [0.25, 0.3) is 0 Å². The average molecular weight is 503 g/mol. The summed E-state index contributed by atoms with van der Waals surface area (Å²) < 4.78 is 11.1. The Hall–Kier alpha value is -3.02. The first-order valence-corrected chi connectivity index (χ1v) is 14.5. The Balaban J connectivity index is 1.37. The first-order valence-electron chi connectivity index (χ1n) is 11.3. The molecule has 0 saturated heterocycles. The summed E-state index contributed by atoms with van der Waals surface area (Å²) in [6.07, 6.45) is 0. The zero-order valence-electron chi connectivity index (χ0n) is 17.7. The van der Waals surface area contributed by atoms with Crippen molar-refractivity contribution in [1.29, 1.82) is 0 Å². The first-order chi connectivity index (χ1) is 16.8. The van der Waals surface area contributed by atoms with E-state index in [1.165, 1.54) is 80.7 Å². The highest BCUT2D eigenvalue weighted by Crippen LogP contribution is 2.46. The van der Waals surface area contributed by atoms with Crippen molar-refractivity contribution in [2.75, 3.05) is 0 Å². The SMILES string of the molecule is c1ccc2c(c1)sc1cc3c(cc12)sc1cc2c(cc13)sc1cc3c(cc12)sc1ccccc13. The maximum absolute atomic E-state index is 2.44. The highest BCUT2D eigenvalue weighted by Gasteiger charge is 2.15. The lowest BCUT2D eigenvalue weighted by Gasteiger charge is -1.96. The van der Waals surface area contributed by atoms with Gasteiger partial charge in [-0.1, -0.05) is 36.4 Å². The molecule has 4 heterocycles. The first kappa shape index (κ1) is 18.3. The molecule has 158 valence electrons. The molecule has 0 N–H and O–H groups in total. The Bertz CT molecular complexity index is 2120. The largest absolute Gasteiger partial charge is 0.135 e. The molecule has 0 nitrogen and oxygen atoms in total. The van der Waals surface area contributed by atoms with E-state index in [1.807, 2.05) is 45.3 Å². The molecule has 5 aromatic carbocycles. The molecule has 0 fully saturated rings. The average Bonchev–Trinajstić information content (AvgIpc) is 3.59. The third-order valence-corrected chi connectivity index (χ3v) is 11.6. The van der Waals surface area contributed by atoms with Crippen molar-refractivity contribution in [1.82, 2.24) is 0 Å². The van der Waals surface area contributed by atoms with Crippen LogP contribution >= 0.6 is 45.3 Å². The molecule has 0 atom stereocenters. The Morgan fingerprint density at radius 1 is 0.265 bits per heavy atom. The van der Waals surface area contributed by atoms with Gasteiger partial charge in [0.05, 0.1) is 0 Å². The Labute approximate surface area is 209 Å². The summed E-state index contributed by atoms with van der Waals surface area (Å²) in [4.78, 5) is 0. The number of thiophene rings is 4.